The van der Waals surface area contributed by atoms with Gasteiger partial charge in [-0.05, 0) is 30.9 Å². The van der Waals surface area contributed by atoms with Gasteiger partial charge in [-0.25, -0.2) is 0 Å². The lowest BCUT2D eigenvalue weighted by Gasteiger charge is -2.17. The lowest BCUT2D eigenvalue weighted by Crippen LogP contribution is -2.14. The van der Waals surface area contributed by atoms with Crippen LogP contribution in [0.4, 0.5) is 0 Å². The van der Waals surface area contributed by atoms with E-state index in [9.17, 15) is 0 Å². The highest BCUT2D eigenvalue weighted by atomic mass is 35.5. The fraction of sp³-hybridized carbons (Fsp3) is 0.444. The summed E-state index contributed by atoms with van der Waals surface area (Å²) in [4.78, 5) is 4.30. The molecule has 1 unspecified atom stereocenters. The molecule has 0 aliphatic heterocycles. The number of pyridine rings is 1. The van der Waals surface area contributed by atoms with Crippen LogP contribution in [0.25, 0.3) is 0 Å². The first-order valence-electron chi connectivity index (χ1n) is 3.93. The predicted octanol–water partition coefficient (Wildman–Crippen LogP) is 2.18. The summed E-state index contributed by atoms with van der Waals surface area (Å²) in [6.45, 7) is 0. The minimum Gasteiger partial charge on any atom is -0.261 e. The summed E-state index contributed by atoms with van der Waals surface area (Å²) in [6.07, 6.45) is 4.97. The van der Waals surface area contributed by atoms with Crippen molar-refractivity contribution in [2.75, 3.05) is 0 Å². The summed E-state index contributed by atoms with van der Waals surface area (Å²) < 4.78 is 0. The normalized spacial score (nSPS) is 22.8. The molecule has 1 aromatic rings. The molecule has 1 aromatic heterocycles. The van der Waals surface area contributed by atoms with E-state index in [4.69, 9.17) is 11.6 Å². The Morgan fingerprint density at radius 3 is 3.36 bits per heavy atom. The topological polar surface area (TPSA) is 12.9 Å². The number of halogens is 1. The predicted molar refractivity (Wildman–Crippen MR) is 45.9 cm³/mol. The minimum absolute atomic E-state index is 0.326. The lowest BCUT2D eigenvalue weighted by molar-refractivity contribution is 0.676. The van der Waals surface area contributed by atoms with Crippen LogP contribution in [0, 0.1) is 0 Å². The fourth-order valence-electron chi connectivity index (χ4n) is 1.52. The Balaban J connectivity index is 2.34. The number of rotatable bonds is 0. The van der Waals surface area contributed by atoms with Gasteiger partial charge >= 0.3 is 0 Å². The average molecular weight is 168 g/mol. The van der Waals surface area contributed by atoms with E-state index in [-0.39, 0.29) is 0 Å². The van der Waals surface area contributed by atoms with Crippen LogP contribution >= 0.6 is 11.6 Å². The smallest absolute Gasteiger partial charge is 0.0436 e. The molecule has 0 bridgehead atoms. The molecule has 0 saturated carbocycles. The van der Waals surface area contributed by atoms with Crippen molar-refractivity contribution in [1.29, 1.82) is 0 Å². The number of aryl methyl sites for hydroxylation is 1. The Kier molecular flexibility index (Phi) is 1.82. The highest BCUT2D eigenvalue weighted by molar-refractivity contribution is 6.20. The molecule has 0 spiro atoms. The number of nitrogens with zero attached hydrogens (tertiary/aromatic N) is 1. The highest BCUT2D eigenvalue weighted by Crippen LogP contribution is 2.22. The number of aromatic nitrogens is 1. The highest BCUT2D eigenvalue weighted by Gasteiger charge is 2.16. The van der Waals surface area contributed by atoms with E-state index in [0.29, 0.717) is 5.38 Å². The van der Waals surface area contributed by atoms with E-state index in [1.54, 1.807) is 0 Å². The monoisotopic (exact) mass is 167 g/mol. The van der Waals surface area contributed by atoms with E-state index in [2.05, 4.69) is 11.1 Å². The zero-order valence-corrected chi connectivity index (χ0v) is 7.01. The molecule has 0 aromatic carbocycles. The molecule has 0 amide bonds. The Morgan fingerprint density at radius 2 is 2.45 bits per heavy atom. The molecule has 1 nitrogen and oxygen atoms in total. The summed E-state index contributed by atoms with van der Waals surface area (Å²) >= 11 is 6.02. The van der Waals surface area contributed by atoms with Gasteiger partial charge in [0.1, 0.15) is 0 Å². The molecule has 0 saturated heterocycles. The van der Waals surface area contributed by atoms with Crippen LogP contribution in [-0.4, -0.2) is 10.4 Å². The Bertz CT molecular complexity index is 259. The first kappa shape index (κ1) is 7.11. The third-order valence-electron chi connectivity index (χ3n) is 2.12. The largest absolute Gasteiger partial charge is 0.261 e. The van der Waals surface area contributed by atoms with Gasteiger partial charge in [-0.2, -0.15) is 0 Å². The number of alkyl halides is 1. The molecule has 2 rings (SSSR count). The van der Waals surface area contributed by atoms with Gasteiger partial charge in [0.05, 0.1) is 0 Å². The number of hydrogen-bond donors (Lipinski definition) is 0. The molecule has 58 valence electrons. The molecule has 2 heteroatoms. The van der Waals surface area contributed by atoms with Gasteiger partial charge in [0.2, 0.25) is 0 Å². The quantitative estimate of drug-likeness (QED) is 0.540. The van der Waals surface area contributed by atoms with Crippen LogP contribution in [0.5, 0.6) is 0 Å². The van der Waals surface area contributed by atoms with Crippen LogP contribution in [0.1, 0.15) is 17.7 Å². The van der Waals surface area contributed by atoms with Gasteiger partial charge < -0.3 is 0 Å². The molecule has 1 atom stereocenters. The second-order valence-electron chi connectivity index (χ2n) is 2.95. The van der Waals surface area contributed by atoms with Crippen molar-refractivity contribution < 1.29 is 0 Å². The molecule has 0 fully saturated rings. The van der Waals surface area contributed by atoms with E-state index in [1.165, 1.54) is 11.3 Å². The van der Waals surface area contributed by atoms with Gasteiger partial charge in [0.15, 0.2) is 0 Å². The maximum atomic E-state index is 6.02. The summed E-state index contributed by atoms with van der Waals surface area (Å²) in [7, 11) is 0. The van der Waals surface area contributed by atoms with Crippen molar-refractivity contribution in [3.8, 4) is 0 Å². The Labute approximate surface area is 71.4 Å². The van der Waals surface area contributed by atoms with Gasteiger partial charge in [0, 0.05) is 17.3 Å². The summed E-state index contributed by atoms with van der Waals surface area (Å²) in [5.74, 6) is 0. The number of fused-ring (bicyclic) bond motifs is 1. The van der Waals surface area contributed by atoms with Crippen LogP contribution in [-0.2, 0) is 12.8 Å². The van der Waals surface area contributed by atoms with Gasteiger partial charge in [0.25, 0.3) is 0 Å². The Hall–Kier alpha value is -0.560. The third-order valence-corrected chi connectivity index (χ3v) is 2.49. The minimum atomic E-state index is 0.326. The van der Waals surface area contributed by atoms with Crippen molar-refractivity contribution in [3.63, 3.8) is 0 Å². The summed E-state index contributed by atoms with van der Waals surface area (Å²) in [5.41, 5.74) is 2.57. The van der Waals surface area contributed by atoms with E-state index < -0.39 is 0 Å². The van der Waals surface area contributed by atoms with Crippen molar-refractivity contribution in [2.45, 2.75) is 24.6 Å². The second-order valence-corrected chi connectivity index (χ2v) is 3.57. The molecule has 1 aliphatic carbocycles. The zero-order chi connectivity index (χ0) is 7.68. The van der Waals surface area contributed by atoms with Crippen LogP contribution in [0.2, 0.25) is 0 Å². The van der Waals surface area contributed by atoms with Crippen molar-refractivity contribution in [3.05, 3.63) is 29.6 Å². The second kappa shape index (κ2) is 2.82. The zero-order valence-electron chi connectivity index (χ0n) is 6.26. The molecular weight excluding hydrogens is 158 g/mol. The molecule has 11 heavy (non-hydrogen) atoms. The first-order valence-corrected chi connectivity index (χ1v) is 4.37. The molecule has 1 aliphatic rings. The first-order chi connectivity index (χ1) is 5.36. The van der Waals surface area contributed by atoms with Crippen LogP contribution in [0.3, 0.4) is 0 Å². The van der Waals surface area contributed by atoms with Gasteiger partial charge in [-0.15, -0.1) is 11.6 Å². The summed E-state index contributed by atoms with van der Waals surface area (Å²) in [6, 6.07) is 4.10. The van der Waals surface area contributed by atoms with Crippen LogP contribution in [0.15, 0.2) is 18.3 Å². The standard InChI is InChI=1S/C9H10ClN/c10-8-3-4-9-7(6-8)2-1-5-11-9/h1-2,5,8H,3-4,6H2. The van der Waals surface area contributed by atoms with E-state index in [1.807, 2.05) is 12.3 Å². The van der Waals surface area contributed by atoms with Crippen molar-refractivity contribution in [2.24, 2.45) is 0 Å². The fourth-order valence-corrected chi connectivity index (χ4v) is 1.79. The average Bonchev–Trinajstić information content (AvgIpc) is 2.04. The third kappa shape index (κ3) is 1.38. The van der Waals surface area contributed by atoms with Crippen molar-refractivity contribution >= 4 is 11.6 Å². The van der Waals surface area contributed by atoms with Gasteiger partial charge in [-0.3, -0.25) is 4.98 Å². The van der Waals surface area contributed by atoms with E-state index >= 15 is 0 Å². The number of hydrogen-bond acceptors (Lipinski definition) is 1. The summed E-state index contributed by atoms with van der Waals surface area (Å²) in [5, 5.41) is 0.326. The lowest BCUT2D eigenvalue weighted by atomic mass is 9.96. The molecule has 0 N–H and O–H groups in total. The van der Waals surface area contributed by atoms with Crippen LogP contribution < -0.4 is 0 Å². The van der Waals surface area contributed by atoms with Gasteiger partial charge in [-0.1, -0.05) is 6.07 Å². The molecular formula is C9H10ClN. The molecule has 1 heterocycles. The molecule has 0 radical (unpaired) electrons. The maximum absolute atomic E-state index is 6.02. The maximum Gasteiger partial charge on any atom is 0.0436 e. The Morgan fingerprint density at radius 1 is 1.55 bits per heavy atom. The van der Waals surface area contributed by atoms with Crippen molar-refractivity contribution in [1.82, 2.24) is 4.98 Å². The van der Waals surface area contributed by atoms with E-state index in [0.717, 1.165) is 19.3 Å². The SMILES string of the molecule is ClC1CCc2ncccc2C1.